The van der Waals surface area contributed by atoms with Crippen molar-refractivity contribution < 1.29 is 14.4 Å². The molecule has 2 aliphatic carbocycles. The van der Waals surface area contributed by atoms with E-state index in [0.29, 0.717) is 35.7 Å². The number of hydrogen-bond acceptors (Lipinski definition) is 10. The summed E-state index contributed by atoms with van der Waals surface area (Å²) >= 11 is 7.99. The molecule has 1 spiro atoms. The van der Waals surface area contributed by atoms with Gasteiger partial charge >= 0.3 is 6.03 Å². The van der Waals surface area contributed by atoms with E-state index in [2.05, 4.69) is 81.1 Å². The smallest absolute Gasteiger partial charge is 0.328 e. The van der Waals surface area contributed by atoms with Crippen molar-refractivity contribution in [3.63, 3.8) is 0 Å². The number of halogens is 1. The molecule has 2 saturated heterocycles. The van der Waals surface area contributed by atoms with Crippen LogP contribution >= 0.6 is 23.5 Å². The first kappa shape index (κ1) is 43.7. The zero-order chi connectivity index (χ0) is 41.2. The maximum Gasteiger partial charge on any atom is 0.328 e. The van der Waals surface area contributed by atoms with E-state index in [9.17, 15) is 14.4 Å². The minimum absolute atomic E-state index is 0.155. The molecule has 2 saturated carbocycles. The molecule has 0 bridgehead atoms. The summed E-state index contributed by atoms with van der Waals surface area (Å²) in [6.45, 7) is 10.9. The van der Waals surface area contributed by atoms with E-state index in [0.717, 1.165) is 67.3 Å². The summed E-state index contributed by atoms with van der Waals surface area (Å²) < 4.78 is 3.62. The Balaban J connectivity index is 0.000000173. The van der Waals surface area contributed by atoms with Gasteiger partial charge in [-0.1, -0.05) is 76.8 Å². The monoisotopic (exact) mass is 831 g/mol. The number of nitrogens with zero attached hydrogens (tertiary/aromatic N) is 6. The van der Waals surface area contributed by atoms with Crippen LogP contribution in [-0.2, 0) is 15.0 Å². The van der Waals surface area contributed by atoms with Crippen LogP contribution in [0, 0.1) is 6.92 Å². The highest BCUT2D eigenvalue weighted by Crippen LogP contribution is 2.56. The third-order valence-corrected chi connectivity index (χ3v) is 13.1. The molecule has 314 valence electrons. The highest BCUT2D eigenvalue weighted by molar-refractivity contribution is 7.97. The molecular weight excluding hydrogens is 770 g/mol. The summed E-state index contributed by atoms with van der Waals surface area (Å²) in [6, 6.07) is 12.3. The number of amides is 4. The summed E-state index contributed by atoms with van der Waals surface area (Å²) in [4.78, 5) is 53.9. The minimum Gasteiger partial charge on any atom is -0.369 e. The Labute approximate surface area is 354 Å². The number of rotatable bonds is 11. The normalized spacial score (nSPS) is 18.9. The van der Waals surface area contributed by atoms with Crippen LogP contribution in [-0.4, -0.2) is 85.6 Å². The van der Waals surface area contributed by atoms with E-state index < -0.39 is 6.03 Å². The molecule has 4 heterocycles. The Bertz CT molecular complexity index is 1890. The van der Waals surface area contributed by atoms with Crippen molar-refractivity contribution in [2.45, 2.75) is 121 Å². The number of unbranched alkanes of at least 4 members (excludes halogenated alkanes) is 4. The number of aromatic nitrogens is 2. The lowest BCUT2D eigenvalue weighted by molar-refractivity contribution is -0.120. The summed E-state index contributed by atoms with van der Waals surface area (Å²) in [6.07, 6.45) is 17.5. The average molecular weight is 833 g/mol. The lowest BCUT2D eigenvalue weighted by Gasteiger charge is -2.35. The largest absolute Gasteiger partial charge is 0.369 e. The van der Waals surface area contributed by atoms with Crippen LogP contribution in [0.5, 0.6) is 0 Å². The van der Waals surface area contributed by atoms with Crippen molar-refractivity contribution in [2.75, 3.05) is 66.8 Å². The summed E-state index contributed by atoms with van der Waals surface area (Å²) in [5, 5.41) is 6.17. The number of carbonyl (C=O) groups excluding carboxylic acids is 3. The second-order valence-corrected chi connectivity index (χ2v) is 17.6. The molecule has 3 N–H and O–H groups in total. The first-order chi connectivity index (χ1) is 28.0. The number of benzene rings is 2. The number of hydrogen-bond donors (Lipinski definition) is 3. The van der Waals surface area contributed by atoms with E-state index in [1.54, 1.807) is 16.8 Å². The van der Waals surface area contributed by atoms with Gasteiger partial charge in [0.15, 0.2) is 0 Å². The van der Waals surface area contributed by atoms with Crippen molar-refractivity contribution in [2.24, 2.45) is 0 Å². The third-order valence-electron chi connectivity index (χ3n) is 11.8. The third kappa shape index (κ3) is 10.8. The van der Waals surface area contributed by atoms with Gasteiger partial charge in [0, 0.05) is 80.3 Å². The lowest BCUT2D eigenvalue weighted by atomic mass is 9.96. The Morgan fingerprint density at radius 2 is 1.64 bits per heavy atom. The lowest BCUT2D eigenvalue weighted by Crippen LogP contribution is -2.49. The molecule has 4 amide bonds. The highest BCUT2D eigenvalue weighted by atomic mass is 35.5. The molecule has 58 heavy (non-hydrogen) atoms. The average Bonchev–Trinajstić information content (AvgIpc) is 4.01. The van der Waals surface area contributed by atoms with Gasteiger partial charge in [0.25, 0.3) is 0 Å². The van der Waals surface area contributed by atoms with Crippen LogP contribution in [0.3, 0.4) is 0 Å². The van der Waals surface area contributed by atoms with E-state index in [4.69, 9.17) is 11.6 Å². The fourth-order valence-corrected chi connectivity index (χ4v) is 9.07. The van der Waals surface area contributed by atoms with Gasteiger partial charge in [-0.05, 0) is 93.6 Å². The molecule has 2 aromatic carbocycles. The molecular formula is C44H62ClN9O3S. The maximum atomic E-state index is 12.5. The SMILES string of the molecule is CCCCCCC.CN1CCN(c2ccc(Cl)c(N3CCC(=O)NC3=O)c2)CC1.Cc1cc(SNC2CCCCC2)ccc1Nc1ncc2c(n1)N(C)C(=O)C21CC1. The van der Waals surface area contributed by atoms with Crippen molar-refractivity contribution in [1.29, 1.82) is 0 Å². The number of imide groups is 1. The zero-order valence-corrected chi connectivity index (χ0v) is 36.6. The number of carbonyl (C=O) groups is 3. The fourth-order valence-electron chi connectivity index (χ4n) is 7.94. The van der Waals surface area contributed by atoms with Gasteiger partial charge in [-0.15, -0.1) is 0 Å². The topological polar surface area (TPSA) is 126 Å². The predicted octanol–water partition coefficient (Wildman–Crippen LogP) is 8.98. The molecule has 0 unspecified atom stereocenters. The summed E-state index contributed by atoms with van der Waals surface area (Å²) in [7, 11) is 3.92. The quantitative estimate of drug-likeness (QED) is 0.127. The van der Waals surface area contributed by atoms with E-state index >= 15 is 0 Å². The van der Waals surface area contributed by atoms with Crippen molar-refractivity contribution >= 4 is 70.2 Å². The van der Waals surface area contributed by atoms with Crippen LogP contribution in [0.1, 0.15) is 108 Å². The van der Waals surface area contributed by atoms with Crippen molar-refractivity contribution in [3.05, 3.63) is 58.7 Å². The number of urea groups is 1. The van der Waals surface area contributed by atoms with Gasteiger partial charge in [0.2, 0.25) is 17.8 Å². The van der Waals surface area contributed by atoms with Gasteiger partial charge in [-0.25, -0.2) is 9.78 Å². The number of piperazine rings is 1. The molecule has 14 heteroatoms. The first-order valence-electron chi connectivity index (χ1n) is 21.3. The van der Waals surface area contributed by atoms with E-state index in [1.807, 2.05) is 31.4 Å². The Morgan fingerprint density at radius 1 is 0.914 bits per heavy atom. The molecule has 0 radical (unpaired) electrons. The van der Waals surface area contributed by atoms with E-state index in [-0.39, 0.29) is 17.2 Å². The van der Waals surface area contributed by atoms with Gasteiger partial charge in [0.05, 0.1) is 16.1 Å². The Hall–Kier alpha value is -3.91. The van der Waals surface area contributed by atoms with Gasteiger partial charge in [0.1, 0.15) is 5.82 Å². The molecule has 0 atom stereocenters. The van der Waals surface area contributed by atoms with Gasteiger partial charge in [-0.3, -0.25) is 29.4 Å². The van der Waals surface area contributed by atoms with Crippen LogP contribution in [0.15, 0.2) is 47.5 Å². The molecule has 4 fully saturated rings. The standard InChI is InChI=1S/C22H27N5OS.C15H19ClN4O2.C7H16/c1-14-12-16(29-26-15-6-4-3-5-7-15)8-9-18(14)24-21-23-13-17-19(25-21)27(2)20(28)22(17)10-11-22;1-18-6-8-19(9-7-18)11-2-3-12(16)13(10-11)20-5-4-14(21)17-15(20)22;1-3-5-7-6-4-2/h8-9,12-13,15,26H,3-7,10-11H2,1-2H3,(H,23,24,25);2-3,10H,4-9H2,1H3,(H,17,21,22);3-7H2,1-2H3. The molecule has 1 aromatic heterocycles. The molecule has 5 aliphatic rings. The minimum atomic E-state index is -0.409. The van der Waals surface area contributed by atoms with Gasteiger partial charge in [-0.2, -0.15) is 4.98 Å². The molecule has 8 rings (SSSR count). The van der Waals surface area contributed by atoms with Crippen LogP contribution in [0.25, 0.3) is 0 Å². The highest BCUT2D eigenvalue weighted by Gasteiger charge is 2.59. The maximum absolute atomic E-state index is 12.5. The number of fused-ring (bicyclic) bond motifs is 2. The summed E-state index contributed by atoms with van der Waals surface area (Å²) in [5.41, 5.74) is 4.49. The summed E-state index contributed by atoms with van der Waals surface area (Å²) in [5.74, 6) is 1.19. The number of aryl methyl sites for hydroxylation is 1. The van der Waals surface area contributed by atoms with Crippen molar-refractivity contribution in [3.8, 4) is 0 Å². The second-order valence-electron chi connectivity index (χ2n) is 16.3. The molecule has 12 nitrogen and oxygen atoms in total. The van der Waals surface area contributed by atoms with Crippen LogP contribution in [0.4, 0.5) is 33.6 Å². The first-order valence-corrected chi connectivity index (χ1v) is 22.5. The second kappa shape index (κ2) is 20.4. The Kier molecular flexibility index (Phi) is 15.3. The number of anilines is 5. The Morgan fingerprint density at radius 3 is 2.29 bits per heavy atom. The molecule has 3 aromatic rings. The van der Waals surface area contributed by atoms with Crippen LogP contribution in [0.2, 0.25) is 5.02 Å². The van der Waals surface area contributed by atoms with Gasteiger partial charge < -0.3 is 15.1 Å². The predicted molar refractivity (Wildman–Crippen MR) is 238 cm³/mol. The van der Waals surface area contributed by atoms with Crippen LogP contribution < -0.4 is 30.1 Å². The fraction of sp³-hybridized carbons (Fsp3) is 0.568. The van der Waals surface area contributed by atoms with E-state index in [1.165, 1.54) is 74.0 Å². The zero-order valence-electron chi connectivity index (χ0n) is 35.0. The number of likely N-dealkylation sites (N-methyl/N-ethyl adjacent to an activating group) is 2. The molecule has 3 aliphatic heterocycles. The van der Waals surface area contributed by atoms with Crippen molar-refractivity contribution in [1.82, 2.24) is 24.9 Å². The number of nitrogens with one attached hydrogen (secondary N) is 3.